The van der Waals surface area contributed by atoms with Gasteiger partial charge in [0.05, 0.1) is 0 Å². The molecule has 0 amide bonds. The van der Waals surface area contributed by atoms with Crippen molar-refractivity contribution in [2.75, 3.05) is 0 Å². The molecule has 2 aliphatic rings. The van der Waals surface area contributed by atoms with Crippen molar-refractivity contribution in [1.82, 2.24) is 0 Å². The normalized spacial score (nSPS) is 21.6. The highest BCUT2D eigenvalue weighted by Gasteiger charge is 2.54. The maximum absolute atomic E-state index is 11.7. The standard InChI is InChI=1S/C16H22O6/c17-13(21-12-6-4-2-1-3-5-7-12)8-9-14(18)22-16(10-11-16)15(19)20/h8-9,12H,1-7,10-11H2,(H,19,20)/b9-8+. The molecule has 0 aromatic heterocycles. The molecule has 0 aromatic carbocycles. The molecule has 0 saturated heterocycles. The minimum Gasteiger partial charge on any atom is -0.478 e. The van der Waals surface area contributed by atoms with Crippen molar-refractivity contribution < 1.29 is 29.0 Å². The zero-order chi connectivity index (χ0) is 16.0. The summed E-state index contributed by atoms with van der Waals surface area (Å²) in [6, 6.07) is 0. The van der Waals surface area contributed by atoms with Crippen molar-refractivity contribution >= 4 is 17.9 Å². The summed E-state index contributed by atoms with van der Waals surface area (Å²) in [5.74, 6) is -2.55. The van der Waals surface area contributed by atoms with Crippen molar-refractivity contribution in [3.8, 4) is 0 Å². The topological polar surface area (TPSA) is 89.9 Å². The number of carboxylic acids is 1. The number of hydrogen-bond donors (Lipinski definition) is 1. The minimum absolute atomic E-state index is 0.0951. The molecular weight excluding hydrogens is 288 g/mol. The zero-order valence-electron chi connectivity index (χ0n) is 12.6. The molecule has 0 atom stereocenters. The molecule has 0 bridgehead atoms. The Kier molecular flexibility index (Phi) is 5.57. The molecule has 0 radical (unpaired) electrons. The predicted molar refractivity (Wildman–Crippen MR) is 77.0 cm³/mol. The first-order chi connectivity index (χ1) is 10.5. The Bertz CT molecular complexity index is 455. The van der Waals surface area contributed by atoms with E-state index in [0.29, 0.717) is 12.8 Å². The molecule has 2 rings (SSSR count). The van der Waals surface area contributed by atoms with Gasteiger partial charge in [-0.15, -0.1) is 0 Å². The third-order valence-electron chi connectivity index (χ3n) is 4.08. The summed E-state index contributed by atoms with van der Waals surface area (Å²) in [6.45, 7) is 0. The zero-order valence-corrected chi connectivity index (χ0v) is 12.6. The van der Waals surface area contributed by atoms with Crippen LogP contribution in [-0.2, 0) is 23.9 Å². The van der Waals surface area contributed by atoms with Gasteiger partial charge < -0.3 is 14.6 Å². The van der Waals surface area contributed by atoms with Crippen LogP contribution in [0.3, 0.4) is 0 Å². The molecule has 122 valence electrons. The van der Waals surface area contributed by atoms with Crippen LogP contribution in [0.25, 0.3) is 0 Å². The summed E-state index contributed by atoms with van der Waals surface area (Å²) in [6.07, 6.45) is 9.84. The van der Waals surface area contributed by atoms with Gasteiger partial charge in [-0.3, -0.25) is 0 Å². The van der Waals surface area contributed by atoms with Gasteiger partial charge in [0.1, 0.15) is 6.10 Å². The lowest BCUT2D eigenvalue weighted by atomic mass is 9.99. The summed E-state index contributed by atoms with van der Waals surface area (Å²) in [5, 5.41) is 8.90. The SMILES string of the molecule is O=C(/C=C/C(=O)OC1(C(=O)O)CC1)OC1CCCCCCC1. The monoisotopic (exact) mass is 310 g/mol. The average Bonchev–Trinajstić information content (AvgIpc) is 3.20. The van der Waals surface area contributed by atoms with E-state index in [9.17, 15) is 14.4 Å². The van der Waals surface area contributed by atoms with E-state index in [1.807, 2.05) is 0 Å². The molecule has 0 aromatic rings. The molecule has 2 aliphatic carbocycles. The number of carbonyl (C=O) groups is 3. The molecule has 1 N–H and O–H groups in total. The second-order valence-electron chi connectivity index (χ2n) is 5.96. The summed E-state index contributed by atoms with van der Waals surface area (Å²) in [7, 11) is 0. The Morgan fingerprint density at radius 3 is 2.00 bits per heavy atom. The number of carboxylic acid groups (broad SMARTS) is 1. The predicted octanol–water partition coefficient (Wildman–Crippen LogP) is 2.36. The summed E-state index contributed by atoms with van der Waals surface area (Å²) in [5.41, 5.74) is -1.38. The lowest BCUT2D eigenvalue weighted by Gasteiger charge is -2.19. The number of ether oxygens (including phenoxy) is 2. The van der Waals surface area contributed by atoms with Gasteiger partial charge in [-0.25, -0.2) is 14.4 Å². The van der Waals surface area contributed by atoms with Crippen molar-refractivity contribution in [2.45, 2.75) is 69.5 Å². The van der Waals surface area contributed by atoms with Crippen molar-refractivity contribution in [3.05, 3.63) is 12.2 Å². The van der Waals surface area contributed by atoms with E-state index in [1.165, 1.54) is 6.42 Å². The molecular formula is C16H22O6. The number of hydrogen-bond acceptors (Lipinski definition) is 5. The third-order valence-corrected chi connectivity index (χ3v) is 4.08. The van der Waals surface area contributed by atoms with E-state index in [2.05, 4.69) is 0 Å². The second-order valence-corrected chi connectivity index (χ2v) is 5.96. The van der Waals surface area contributed by atoms with E-state index in [0.717, 1.165) is 50.7 Å². The van der Waals surface area contributed by atoms with Gasteiger partial charge in [0.15, 0.2) is 0 Å². The Balaban J connectivity index is 1.75. The maximum Gasteiger partial charge on any atom is 0.348 e. The summed E-state index contributed by atoms with van der Waals surface area (Å²) >= 11 is 0. The van der Waals surface area contributed by atoms with Crippen molar-refractivity contribution in [2.24, 2.45) is 0 Å². The van der Waals surface area contributed by atoms with Gasteiger partial charge >= 0.3 is 17.9 Å². The van der Waals surface area contributed by atoms with Crippen LogP contribution in [0.1, 0.15) is 57.8 Å². The van der Waals surface area contributed by atoms with Crippen LogP contribution in [0.4, 0.5) is 0 Å². The number of esters is 2. The van der Waals surface area contributed by atoms with Gasteiger partial charge in [-0.2, -0.15) is 0 Å². The van der Waals surface area contributed by atoms with Crippen LogP contribution in [0.15, 0.2) is 12.2 Å². The molecule has 6 heteroatoms. The Morgan fingerprint density at radius 2 is 1.45 bits per heavy atom. The highest BCUT2D eigenvalue weighted by atomic mass is 16.6. The third kappa shape index (κ3) is 4.86. The number of rotatable bonds is 5. The largest absolute Gasteiger partial charge is 0.478 e. The van der Waals surface area contributed by atoms with Crippen LogP contribution in [0.2, 0.25) is 0 Å². The lowest BCUT2D eigenvalue weighted by molar-refractivity contribution is -0.163. The maximum atomic E-state index is 11.7. The average molecular weight is 310 g/mol. The van der Waals surface area contributed by atoms with E-state index >= 15 is 0 Å². The fraction of sp³-hybridized carbons (Fsp3) is 0.688. The van der Waals surface area contributed by atoms with E-state index < -0.39 is 23.5 Å². The smallest absolute Gasteiger partial charge is 0.348 e. The minimum atomic E-state index is -1.38. The van der Waals surface area contributed by atoms with Gasteiger partial charge in [0.25, 0.3) is 0 Å². The first kappa shape index (κ1) is 16.5. The molecule has 0 aliphatic heterocycles. The van der Waals surface area contributed by atoms with Crippen LogP contribution in [0.5, 0.6) is 0 Å². The fourth-order valence-corrected chi connectivity index (χ4v) is 2.58. The summed E-state index contributed by atoms with van der Waals surface area (Å²) < 4.78 is 10.2. The van der Waals surface area contributed by atoms with Crippen LogP contribution >= 0.6 is 0 Å². The van der Waals surface area contributed by atoms with Gasteiger partial charge in [-0.05, 0) is 25.7 Å². The van der Waals surface area contributed by atoms with Crippen LogP contribution in [0, 0.1) is 0 Å². The van der Waals surface area contributed by atoms with E-state index in [4.69, 9.17) is 14.6 Å². The van der Waals surface area contributed by atoms with Crippen LogP contribution in [-0.4, -0.2) is 34.7 Å². The van der Waals surface area contributed by atoms with Crippen molar-refractivity contribution in [3.63, 3.8) is 0 Å². The molecule has 0 spiro atoms. The van der Waals surface area contributed by atoms with Gasteiger partial charge in [0, 0.05) is 25.0 Å². The highest BCUT2D eigenvalue weighted by molar-refractivity contribution is 5.94. The first-order valence-corrected chi connectivity index (χ1v) is 7.87. The summed E-state index contributed by atoms with van der Waals surface area (Å²) in [4.78, 5) is 34.1. The number of carbonyl (C=O) groups excluding carboxylic acids is 2. The van der Waals surface area contributed by atoms with E-state index in [1.54, 1.807) is 0 Å². The van der Waals surface area contributed by atoms with Crippen molar-refractivity contribution in [1.29, 1.82) is 0 Å². The highest BCUT2D eigenvalue weighted by Crippen LogP contribution is 2.39. The number of aliphatic carboxylic acids is 1. The Morgan fingerprint density at radius 1 is 0.909 bits per heavy atom. The fourth-order valence-electron chi connectivity index (χ4n) is 2.58. The van der Waals surface area contributed by atoms with Gasteiger partial charge in [-0.1, -0.05) is 19.3 Å². The van der Waals surface area contributed by atoms with Crippen LogP contribution < -0.4 is 0 Å². The lowest BCUT2D eigenvalue weighted by Crippen LogP contribution is -2.28. The second kappa shape index (κ2) is 7.42. The molecule has 6 nitrogen and oxygen atoms in total. The molecule has 0 unspecified atom stereocenters. The quantitative estimate of drug-likeness (QED) is 0.619. The Hall–Kier alpha value is -1.85. The molecule has 0 heterocycles. The molecule has 2 fully saturated rings. The molecule has 22 heavy (non-hydrogen) atoms. The first-order valence-electron chi connectivity index (χ1n) is 7.87. The van der Waals surface area contributed by atoms with Gasteiger partial charge in [0.2, 0.25) is 5.60 Å². The Labute approximate surface area is 129 Å². The molecule has 2 saturated carbocycles. The van der Waals surface area contributed by atoms with E-state index in [-0.39, 0.29) is 6.10 Å².